The molecule has 0 aromatic heterocycles. The molecule has 232 valence electrons. The quantitative estimate of drug-likeness (QED) is 0.156. The fourth-order valence-corrected chi connectivity index (χ4v) is 6.62. The van der Waals surface area contributed by atoms with Gasteiger partial charge in [-0.3, -0.25) is 0 Å². The SMILES string of the molecule is O.OC[C@H]1O[C@@H](SCCc2ccccc2)[C@H](O)[C@@H](O)[C@H]1O.OC[C@H]1O[C@@H](SCCc2ccccc2)[C@H](O)[C@@H](O)[C@H]1O. The molecule has 2 aliphatic rings. The van der Waals surface area contributed by atoms with E-state index in [2.05, 4.69) is 0 Å². The average molecular weight is 619 g/mol. The van der Waals surface area contributed by atoms with Gasteiger partial charge in [-0.1, -0.05) is 60.7 Å². The molecule has 10 N–H and O–H groups in total. The Morgan fingerprint density at radius 2 is 0.854 bits per heavy atom. The molecule has 2 saturated heterocycles. The highest BCUT2D eigenvalue weighted by atomic mass is 32.2. The van der Waals surface area contributed by atoms with Gasteiger partial charge in [-0.05, 0) is 35.5 Å². The van der Waals surface area contributed by atoms with Crippen LogP contribution < -0.4 is 0 Å². The summed E-state index contributed by atoms with van der Waals surface area (Å²) >= 11 is 2.74. The summed E-state index contributed by atoms with van der Waals surface area (Å²) in [5.41, 5.74) is 1.08. The van der Waals surface area contributed by atoms with E-state index in [0.717, 1.165) is 12.8 Å². The zero-order valence-corrected chi connectivity index (χ0v) is 24.1. The van der Waals surface area contributed by atoms with Gasteiger partial charge in [0.2, 0.25) is 0 Å². The largest absolute Gasteiger partial charge is 0.412 e. The highest BCUT2D eigenvalue weighted by Crippen LogP contribution is 2.30. The van der Waals surface area contributed by atoms with E-state index in [0.29, 0.717) is 11.5 Å². The summed E-state index contributed by atoms with van der Waals surface area (Å²) in [6.07, 6.45) is -7.51. The Hall–Kier alpha value is -1.30. The van der Waals surface area contributed by atoms with E-state index >= 15 is 0 Å². The van der Waals surface area contributed by atoms with Crippen LogP contribution in [0.15, 0.2) is 60.7 Å². The Balaban J connectivity index is 0.000000280. The average Bonchev–Trinajstić information content (AvgIpc) is 2.98. The Morgan fingerprint density at radius 3 is 1.17 bits per heavy atom. The van der Waals surface area contributed by atoms with Crippen molar-refractivity contribution < 1.29 is 55.8 Å². The number of ether oxygens (including phenoxy) is 2. The molecule has 2 fully saturated rings. The summed E-state index contributed by atoms with van der Waals surface area (Å²) in [6.45, 7) is -0.776. The van der Waals surface area contributed by atoms with Crippen molar-refractivity contribution in [2.24, 2.45) is 0 Å². The van der Waals surface area contributed by atoms with Crippen LogP contribution in [-0.2, 0) is 22.3 Å². The molecule has 2 aromatic carbocycles. The molecular weight excluding hydrogens is 576 g/mol. The predicted octanol–water partition coefficient (Wildman–Crippen LogP) is -1.30. The maximum Gasteiger partial charge on any atom is 0.132 e. The third-order valence-electron chi connectivity index (χ3n) is 6.73. The van der Waals surface area contributed by atoms with Crippen LogP contribution in [0.1, 0.15) is 11.1 Å². The van der Waals surface area contributed by atoms with Crippen LogP contribution in [0.3, 0.4) is 0 Å². The minimum atomic E-state index is -1.30. The molecule has 2 heterocycles. The zero-order chi connectivity index (χ0) is 29.1. The van der Waals surface area contributed by atoms with E-state index < -0.39 is 59.7 Å². The standard InChI is InChI=1S/2C14H20O5S.H2O/c2*15-8-10-11(16)12(17)13(18)14(19-10)20-7-6-9-4-2-1-3-5-9;/h2*1-5,10-18H,6-8H2;1H2/t2*10-,11+,12+,13-,14+;/m11./s1. The van der Waals surface area contributed by atoms with Gasteiger partial charge in [0.25, 0.3) is 0 Å². The minimum Gasteiger partial charge on any atom is -0.412 e. The van der Waals surface area contributed by atoms with Crippen molar-refractivity contribution in [2.75, 3.05) is 24.7 Å². The lowest BCUT2D eigenvalue weighted by Gasteiger charge is -2.39. The molecule has 13 heteroatoms. The maximum atomic E-state index is 9.88. The van der Waals surface area contributed by atoms with Gasteiger partial charge in [0.15, 0.2) is 0 Å². The predicted molar refractivity (Wildman–Crippen MR) is 156 cm³/mol. The van der Waals surface area contributed by atoms with E-state index in [1.54, 1.807) is 0 Å². The Labute approximate surface area is 248 Å². The first kappa shape index (κ1) is 35.9. The lowest BCUT2D eigenvalue weighted by atomic mass is 10.0. The molecule has 0 radical (unpaired) electrons. The van der Waals surface area contributed by atoms with E-state index in [1.165, 1.54) is 34.7 Å². The van der Waals surface area contributed by atoms with Crippen LogP contribution in [0.2, 0.25) is 0 Å². The van der Waals surface area contributed by atoms with Crippen molar-refractivity contribution in [3.63, 3.8) is 0 Å². The molecule has 10 atom stereocenters. The van der Waals surface area contributed by atoms with Gasteiger partial charge in [-0.15, -0.1) is 23.5 Å². The normalized spacial score (nSPS) is 33.3. The molecular formula is C28H42O11S2. The second-order valence-corrected chi connectivity index (χ2v) is 12.0. The van der Waals surface area contributed by atoms with Gasteiger partial charge in [-0.2, -0.15) is 0 Å². The zero-order valence-electron chi connectivity index (χ0n) is 22.5. The number of aryl methyl sites for hydroxylation is 2. The fourth-order valence-electron chi connectivity index (χ4n) is 4.29. The van der Waals surface area contributed by atoms with Gasteiger partial charge >= 0.3 is 0 Å². The summed E-state index contributed by atoms with van der Waals surface area (Å²) in [6, 6.07) is 19.9. The molecule has 2 aliphatic heterocycles. The van der Waals surface area contributed by atoms with E-state index in [9.17, 15) is 30.6 Å². The Morgan fingerprint density at radius 1 is 0.512 bits per heavy atom. The van der Waals surface area contributed by atoms with Crippen molar-refractivity contribution in [1.82, 2.24) is 0 Å². The van der Waals surface area contributed by atoms with Gasteiger partial charge in [0.1, 0.15) is 59.7 Å². The van der Waals surface area contributed by atoms with Crippen LogP contribution in [0.4, 0.5) is 0 Å². The van der Waals surface area contributed by atoms with Gasteiger partial charge in [0, 0.05) is 0 Å². The van der Waals surface area contributed by atoms with Crippen molar-refractivity contribution in [3.8, 4) is 0 Å². The maximum absolute atomic E-state index is 9.88. The molecule has 0 amide bonds. The van der Waals surface area contributed by atoms with Gasteiger partial charge in [-0.25, -0.2) is 0 Å². The highest BCUT2D eigenvalue weighted by Gasteiger charge is 2.44. The van der Waals surface area contributed by atoms with Crippen molar-refractivity contribution in [2.45, 2.75) is 72.5 Å². The molecule has 41 heavy (non-hydrogen) atoms. The first-order valence-electron chi connectivity index (χ1n) is 13.2. The fraction of sp³-hybridized carbons (Fsp3) is 0.571. The highest BCUT2D eigenvalue weighted by molar-refractivity contribution is 8.00. The lowest BCUT2D eigenvalue weighted by Crippen LogP contribution is -2.57. The first-order chi connectivity index (χ1) is 19.3. The molecule has 0 unspecified atom stereocenters. The Kier molecular flexibility index (Phi) is 16.1. The molecule has 11 nitrogen and oxygen atoms in total. The van der Waals surface area contributed by atoms with E-state index in [4.69, 9.17) is 19.7 Å². The molecule has 0 saturated carbocycles. The summed E-state index contributed by atoms with van der Waals surface area (Å²) in [5.74, 6) is 1.43. The number of aliphatic hydroxyl groups excluding tert-OH is 8. The van der Waals surface area contributed by atoms with Crippen molar-refractivity contribution in [1.29, 1.82) is 0 Å². The first-order valence-corrected chi connectivity index (χ1v) is 15.3. The second kappa shape index (κ2) is 18.4. The number of rotatable bonds is 10. The summed E-state index contributed by atoms with van der Waals surface area (Å²) in [5, 5.41) is 76.7. The number of thioether (sulfide) groups is 2. The molecule has 4 rings (SSSR count). The van der Waals surface area contributed by atoms with Crippen LogP contribution in [0, 0.1) is 0 Å². The summed E-state index contributed by atoms with van der Waals surface area (Å²) < 4.78 is 10.8. The molecule has 0 spiro atoms. The van der Waals surface area contributed by atoms with Crippen LogP contribution >= 0.6 is 23.5 Å². The molecule has 0 aliphatic carbocycles. The minimum absolute atomic E-state index is 0. The second-order valence-electron chi connectivity index (χ2n) is 9.61. The monoisotopic (exact) mass is 618 g/mol. The van der Waals surface area contributed by atoms with Crippen LogP contribution in [-0.4, -0.2) is 131 Å². The molecule has 2 aromatic rings. The topological polar surface area (TPSA) is 212 Å². The number of hydrogen-bond donors (Lipinski definition) is 8. The number of aliphatic hydroxyl groups is 8. The van der Waals surface area contributed by atoms with Gasteiger partial charge in [0.05, 0.1) is 13.2 Å². The van der Waals surface area contributed by atoms with E-state index in [-0.39, 0.29) is 18.7 Å². The third kappa shape index (κ3) is 10.4. The lowest BCUT2D eigenvalue weighted by molar-refractivity contribution is -0.205. The number of hydrogen-bond acceptors (Lipinski definition) is 12. The van der Waals surface area contributed by atoms with Crippen LogP contribution in [0.25, 0.3) is 0 Å². The summed E-state index contributed by atoms with van der Waals surface area (Å²) in [4.78, 5) is 0. The van der Waals surface area contributed by atoms with E-state index in [1.807, 2.05) is 60.7 Å². The molecule has 0 bridgehead atoms. The number of benzene rings is 2. The van der Waals surface area contributed by atoms with Crippen molar-refractivity contribution >= 4 is 23.5 Å². The van der Waals surface area contributed by atoms with Gasteiger partial charge < -0.3 is 55.8 Å². The summed E-state index contributed by atoms with van der Waals surface area (Å²) in [7, 11) is 0. The third-order valence-corrected chi connectivity index (χ3v) is 9.04. The van der Waals surface area contributed by atoms with Crippen molar-refractivity contribution in [3.05, 3.63) is 71.8 Å². The Bertz CT molecular complexity index is 879. The smallest absolute Gasteiger partial charge is 0.132 e. The van der Waals surface area contributed by atoms with Crippen LogP contribution in [0.5, 0.6) is 0 Å².